The minimum Gasteiger partial charge on any atom is -0.357 e. The van der Waals surface area contributed by atoms with E-state index < -0.39 is 0 Å². The van der Waals surface area contributed by atoms with Crippen molar-refractivity contribution in [2.75, 3.05) is 13.6 Å². The Hall–Kier alpha value is -1.10. The van der Waals surface area contributed by atoms with Gasteiger partial charge in [0, 0.05) is 25.6 Å². The van der Waals surface area contributed by atoms with E-state index in [-0.39, 0.29) is 29.8 Å². The van der Waals surface area contributed by atoms with Crippen LogP contribution < -0.4 is 11.1 Å². The predicted octanol–water partition coefficient (Wildman–Crippen LogP) is 0.733. The summed E-state index contributed by atoms with van der Waals surface area (Å²) >= 11 is 0. The third-order valence-electron chi connectivity index (χ3n) is 5.09. The molecular weight excluding hydrogens is 254 g/mol. The topological polar surface area (TPSA) is 75.4 Å². The Morgan fingerprint density at radius 2 is 1.90 bits per heavy atom. The van der Waals surface area contributed by atoms with Crippen molar-refractivity contribution in [1.82, 2.24) is 10.2 Å². The number of carbonyl (C=O) groups excluding carboxylic acids is 2. The number of carbonyl (C=O) groups is 2. The van der Waals surface area contributed by atoms with Crippen molar-refractivity contribution in [3.63, 3.8) is 0 Å². The number of hydrogen-bond acceptors (Lipinski definition) is 3. The second-order valence-electron chi connectivity index (χ2n) is 6.50. The van der Waals surface area contributed by atoms with Crippen molar-refractivity contribution >= 4 is 11.8 Å². The third-order valence-corrected chi connectivity index (χ3v) is 5.09. The number of rotatable bonds is 2. The molecule has 0 radical (unpaired) electrons. The van der Waals surface area contributed by atoms with E-state index >= 15 is 0 Å². The van der Waals surface area contributed by atoms with Gasteiger partial charge in [0.05, 0.1) is 0 Å². The van der Waals surface area contributed by atoms with Gasteiger partial charge in [-0.15, -0.1) is 0 Å². The highest BCUT2D eigenvalue weighted by Crippen LogP contribution is 2.35. The van der Waals surface area contributed by atoms with Crippen LogP contribution in [0.15, 0.2) is 0 Å². The predicted molar refractivity (Wildman–Crippen MR) is 77.8 cm³/mol. The van der Waals surface area contributed by atoms with E-state index in [1.165, 1.54) is 0 Å². The lowest BCUT2D eigenvalue weighted by atomic mass is 9.72. The normalized spacial score (nSPS) is 37.8. The Morgan fingerprint density at radius 3 is 2.55 bits per heavy atom. The van der Waals surface area contributed by atoms with Crippen LogP contribution in [0.2, 0.25) is 0 Å². The van der Waals surface area contributed by atoms with Crippen molar-refractivity contribution in [3.8, 4) is 0 Å². The Kier molecular flexibility index (Phi) is 4.68. The molecule has 114 valence electrons. The van der Waals surface area contributed by atoms with Gasteiger partial charge in [-0.2, -0.15) is 0 Å². The second kappa shape index (κ2) is 6.12. The molecule has 5 atom stereocenters. The lowest BCUT2D eigenvalue weighted by Crippen LogP contribution is -2.51. The maximum atomic E-state index is 12.8. The highest BCUT2D eigenvalue weighted by molar-refractivity contribution is 5.89. The number of nitrogens with zero attached hydrogens (tertiary/aromatic N) is 1. The summed E-state index contributed by atoms with van der Waals surface area (Å²) in [5.41, 5.74) is 6.14. The van der Waals surface area contributed by atoms with E-state index in [0.717, 1.165) is 25.7 Å². The van der Waals surface area contributed by atoms with Crippen LogP contribution in [0.3, 0.4) is 0 Å². The van der Waals surface area contributed by atoms with Crippen LogP contribution in [0, 0.1) is 17.8 Å². The molecule has 1 aliphatic carbocycles. The third kappa shape index (κ3) is 2.82. The van der Waals surface area contributed by atoms with Gasteiger partial charge in [0.15, 0.2) is 0 Å². The molecule has 1 saturated heterocycles. The molecule has 0 bridgehead atoms. The van der Waals surface area contributed by atoms with Gasteiger partial charge in [0.25, 0.3) is 0 Å². The maximum Gasteiger partial charge on any atom is 0.242 e. The van der Waals surface area contributed by atoms with E-state index in [4.69, 9.17) is 5.73 Å². The first-order valence-corrected chi connectivity index (χ1v) is 7.73. The van der Waals surface area contributed by atoms with Crippen molar-refractivity contribution in [2.24, 2.45) is 23.5 Å². The van der Waals surface area contributed by atoms with Crippen LogP contribution in [0.4, 0.5) is 0 Å². The average molecular weight is 281 g/mol. The van der Waals surface area contributed by atoms with Crippen LogP contribution in [-0.4, -0.2) is 42.4 Å². The first kappa shape index (κ1) is 15.3. The van der Waals surface area contributed by atoms with E-state index in [1.54, 1.807) is 11.9 Å². The molecule has 5 nitrogen and oxygen atoms in total. The number of likely N-dealkylation sites (tertiary alicyclic amines) is 1. The fraction of sp³-hybridized carbons (Fsp3) is 0.867. The number of amides is 2. The molecule has 0 aromatic carbocycles. The summed E-state index contributed by atoms with van der Waals surface area (Å²) in [7, 11) is 1.63. The highest BCUT2D eigenvalue weighted by Gasteiger charge is 2.41. The van der Waals surface area contributed by atoms with Gasteiger partial charge in [-0.1, -0.05) is 13.8 Å². The average Bonchev–Trinajstić information content (AvgIpc) is 2.90. The largest absolute Gasteiger partial charge is 0.357 e. The van der Waals surface area contributed by atoms with E-state index in [1.807, 2.05) is 0 Å². The number of likely N-dealkylation sites (N-methyl/N-ethyl adjacent to an activating group) is 1. The van der Waals surface area contributed by atoms with Crippen LogP contribution in [-0.2, 0) is 9.59 Å². The molecule has 2 fully saturated rings. The second-order valence-corrected chi connectivity index (χ2v) is 6.50. The Morgan fingerprint density at radius 1 is 1.20 bits per heavy atom. The Labute approximate surface area is 121 Å². The lowest BCUT2D eigenvalue weighted by molar-refractivity contribution is -0.144. The molecular formula is C15H27N3O2. The van der Waals surface area contributed by atoms with Crippen molar-refractivity contribution in [2.45, 2.75) is 51.6 Å². The standard InChI is InChI=1S/C15H27N3O2/c1-9-7-10(2)12(16)8-11(9)15(20)18-6-4-5-13(18)14(19)17-3/h9-13H,4-8,16H2,1-3H3,(H,17,19). The molecule has 2 rings (SSSR count). The van der Waals surface area contributed by atoms with E-state index in [9.17, 15) is 9.59 Å². The molecule has 0 spiro atoms. The van der Waals surface area contributed by atoms with Gasteiger partial charge in [-0.05, 0) is 37.5 Å². The van der Waals surface area contributed by atoms with Gasteiger partial charge in [-0.25, -0.2) is 0 Å². The summed E-state index contributed by atoms with van der Waals surface area (Å²) in [6, 6.07) is -0.184. The Balaban J connectivity index is 2.08. The molecule has 2 amide bonds. The highest BCUT2D eigenvalue weighted by atomic mass is 16.2. The molecule has 2 aliphatic rings. The van der Waals surface area contributed by atoms with E-state index in [0.29, 0.717) is 18.4 Å². The SMILES string of the molecule is CNC(=O)C1CCCN1C(=O)C1CC(N)C(C)CC1C. The Bertz CT molecular complexity index is 385. The zero-order valence-electron chi connectivity index (χ0n) is 12.8. The fourth-order valence-corrected chi connectivity index (χ4v) is 3.71. The minimum atomic E-state index is -0.282. The minimum absolute atomic E-state index is 0.0218. The van der Waals surface area contributed by atoms with Gasteiger partial charge in [0.1, 0.15) is 6.04 Å². The summed E-state index contributed by atoms with van der Waals surface area (Å²) in [6.07, 6.45) is 3.43. The first-order chi connectivity index (χ1) is 9.45. The van der Waals surface area contributed by atoms with Gasteiger partial charge < -0.3 is 16.0 Å². The van der Waals surface area contributed by atoms with Crippen LogP contribution in [0.5, 0.6) is 0 Å². The molecule has 5 heteroatoms. The van der Waals surface area contributed by atoms with Crippen LogP contribution in [0.25, 0.3) is 0 Å². The number of hydrogen-bond donors (Lipinski definition) is 2. The van der Waals surface area contributed by atoms with Gasteiger partial charge in [-0.3, -0.25) is 9.59 Å². The maximum absolute atomic E-state index is 12.8. The van der Waals surface area contributed by atoms with Crippen molar-refractivity contribution in [1.29, 1.82) is 0 Å². The van der Waals surface area contributed by atoms with Crippen molar-refractivity contribution in [3.05, 3.63) is 0 Å². The summed E-state index contributed by atoms with van der Waals surface area (Å²) in [6.45, 7) is 4.99. The van der Waals surface area contributed by atoms with Gasteiger partial charge >= 0.3 is 0 Å². The van der Waals surface area contributed by atoms with E-state index in [2.05, 4.69) is 19.2 Å². The van der Waals surface area contributed by atoms with Crippen molar-refractivity contribution < 1.29 is 9.59 Å². The summed E-state index contributed by atoms with van der Waals surface area (Å²) in [4.78, 5) is 26.4. The van der Waals surface area contributed by atoms with Gasteiger partial charge in [0.2, 0.25) is 11.8 Å². The molecule has 0 aromatic rings. The molecule has 1 aliphatic heterocycles. The molecule has 5 unspecified atom stereocenters. The quantitative estimate of drug-likeness (QED) is 0.783. The van der Waals surface area contributed by atoms with Crippen LogP contribution >= 0.6 is 0 Å². The monoisotopic (exact) mass is 281 g/mol. The number of nitrogens with one attached hydrogen (secondary N) is 1. The van der Waals surface area contributed by atoms with Crippen LogP contribution in [0.1, 0.15) is 39.5 Å². The molecule has 1 heterocycles. The summed E-state index contributed by atoms with van der Waals surface area (Å²) in [5.74, 6) is 0.889. The molecule has 3 N–H and O–H groups in total. The fourth-order valence-electron chi connectivity index (χ4n) is 3.71. The molecule has 20 heavy (non-hydrogen) atoms. The zero-order chi connectivity index (χ0) is 14.9. The zero-order valence-corrected chi connectivity index (χ0v) is 12.8. The summed E-state index contributed by atoms with van der Waals surface area (Å²) in [5, 5.41) is 2.66. The molecule has 1 saturated carbocycles. The molecule has 0 aromatic heterocycles. The smallest absolute Gasteiger partial charge is 0.242 e. The summed E-state index contributed by atoms with van der Waals surface area (Å²) < 4.78 is 0. The number of nitrogens with two attached hydrogens (primary N) is 1. The first-order valence-electron chi connectivity index (χ1n) is 7.73. The lowest BCUT2D eigenvalue weighted by Gasteiger charge is -2.38.